The number of phenols is 2. The van der Waals surface area contributed by atoms with Gasteiger partial charge in [0.15, 0.2) is 0 Å². The van der Waals surface area contributed by atoms with Crippen molar-refractivity contribution >= 4 is 50.0 Å². The number of aromatic hydroxyl groups is 2. The zero-order valence-corrected chi connectivity index (χ0v) is 23.0. The molecule has 3 aromatic carbocycles. The molecule has 4 aromatic rings. The number of benzene rings is 3. The van der Waals surface area contributed by atoms with Gasteiger partial charge in [0, 0.05) is 18.6 Å². The van der Waals surface area contributed by atoms with Gasteiger partial charge in [-0.15, -0.1) is 10.2 Å². The molecule has 2 N–H and O–H groups in total. The third kappa shape index (κ3) is 6.86. The fraction of sp³-hybridized carbons (Fsp3) is 0.276. The monoisotopic (exact) mass is 590 g/mol. The van der Waals surface area contributed by atoms with Crippen LogP contribution in [0.1, 0.15) is 31.2 Å². The number of rotatable bonds is 9. The van der Waals surface area contributed by atoms with E-state index in [-0.39, 0.29) is 47.6 Å². The standard InChI is InChI=1S/C29H26N4O8S/c34-22-10-12-23(13-11-22)41-28(37)19-3-1-18(2-4-19)27(36)40-16-15-17-5-14-24(35)25-26(17)42-29(30-25)32-31-20-6-8-21(9-7-20)33(38)39/h5-14,18-19,34-35H,1-4,15-16H2. The molecule has 0 bridgehead atoms. The Hall–Kier alpha value is -4.91. The van der Waals surface area contributed by atoms with Crippen LogP contribution in [0.3, 0.4) is 0 Å². The molecule has 42 heavy (non-hydrogen) atoms. The molecule has 1 saturated carbocycles. The zero-order valence-electron chi connectivity index (χ0n) is 22.2. The maximum Gasteiger partial charge on any atom is 0.314 e. The van der Waals surface area contributed by atoms with E-state index in [1.165, 1.54) is 65.9 Å². The number of nitrogens with zero attached hydrogens (tertiary/aromatic N) is 4. The van der Waals surface area contributed by atoms with Gasteiger partial charge >= 0.3 is 11.9 Å². The van der Waals surface area contributed by atoms with Crippen LogP contribution in [0.25, 0.3) is 10.2 Å². The summed E-state index contributed by atoms with van der Waals surface area (Å²) in [7, 11) is 0. The quantitative estimate of drug-likeness (QED) is 0.0722. The predicted octanol–water partition coefficient (Wildman–Crippen LogP) is 6.53. The summed E-state index contributed by atoms with van der Waals surface area (Å²) in [5, 5.41) is 38.9. The molecular formula is C29H26N4O8S. The molecule has 0 saturated heterocycles. The van der Waals surface area contributed by atoms with Gasteiger partial charge in [0.25, 0.3) is 5.69 Å². The lowest BCUT2D eigenvalue weighted by Crippen LogP contribution is -2.29. The van der Waals surface area contributed by atoms with Crippen LogP contribution in [0, 0.1) is 22.0 Å². The molecule has 0 spiro atoms. The highest BCUT2D eigenvalue weighted by molar-refractivity contribution is 7.22. The Morgan fingerprint density at radius 2 is 1.60 bits per heavy atom. The Bertz CT molecular complexity index is 1630. The summed E-state index contributed by atoms with van der Waals surface area (Å²) in [5.74, 6) is -0.813. The number of fused-ring (bicyclic) bond motifs is 1. The minimum atomic E-state index is -0.499. The van der Waals surface area contributed by atoms with Crippen LogP contribution in [0.4, 0.5) is 16.5 Å². The number of hydrogen-bond donors (Lipinski definition) is 2. The van der Waals surface area contributed by atoms with Crippen LogP contribution < -0.4 is 4.74 Å². The lowest BCUT2D eigenvalue weighted by molar-refractivity contribution is -0.384. The maximum atomic E-state index is 12.7. The number of ether oxygens (including phenoxy) is 2. The van der Waals surface area contributed by atoms with E-state index in [9.17, 15) is 29.9 Å². The number of aromatic nitrogens is 1. The number of nitro benzene ring substituents is 1. The average Bonchev–Trinajstić information content (AvgIpc) is 3.44. The molecular weight excluding hydrogens is 564 g/mol. The van der Waals surface area contributed by atoms with E-state index in [1.54, 1.807) is 6.07 Å². The smallest absolute Gasteiger partial charge is 0.314 e. The van der Waals surface area contributed by atoms with Gasteiger partial charge in [0.1, 0.15) is 22.8 Å². The second-order valence-electron chi connectivity index (χ2n) is 9.77. The Morgan fingerprint density at radius 3 is 2.26 bits per heavy atom. The molecule has 0 unspecified atom stereocenters. The first-order chi connectivity index (χ1) is 20.3. The van der Waals surface area contributed by atoms with Crippen LogP contribution in [-0.4, -0.2) is 38.7 Å². The minimum Gasteiger partial charge on any atom is -0.508 e. The molecule has 216 valence electrons. The lowest BCUT2D eigenvalue weighted by atomic mass is 9.82. The van der Waals surface area contributed by atoms with E-state index in [1.807, 2.05) is 0 Å². The molecule has 0 aliphatic heterocycles. The Morgan fingerprint density at radius 1 is 0.929 bits per heavy atom. The van der Waals surface area contributed by atoms with E-state index in [0.717, 1.165) is 5.56 Å². The van der Waals surface area contributed by atoms with Crippen LogP contribution in [0.15, 0.2) is 70.9 Å². The lowest BCUT2D eigenvalue weighted by Gasteiger charge is -2.25. The van der Waals surface area contributed by atoms with Crippen molar-refractivity contribution in [1.29, 1.82) is 0 Å². The summed E-state index contributed by atoms with van der Waals surface area (Å²) in [6, 6.07) is 14.8. The molecule has 1 heterocycles. The number of hydrogen-bond acceptors (Lipinski definition) is 12. The number of esters is 2. The number of non-ortho nitro benzene ring substituents is 1. The van der Waals surface area contributed by atoms with E-state index in [4.69, 9.17) is 9.47 Å². The molecule has 0 radical (unpaired) electrons. The second-order valence-corrected chi connectivity index (χ2v) is 10.8. The van der Waals surface area contributed by atoms with Crippen LogP contribution in [0.2, 0.25) is 0 Å². The van der Waals surface area contributed by atoms with Gasteiger partial charge in [-0.1, -0.05) is 17.4 Å². The van der Waals surface area contributed by atoms with Gasteiger partial charge in [-0.2, -0.15) is 0 Å². The maximum absolute atomic E-state index is 12.7. The number of carbonyl (C=O) groups is 2. The fourth-order valence-corrected chi connectivity index (χ4v) is 5.62. The Labute approximate surface area is 243 Å². The topological polar surface area (TPSA) is 174 Å². The van der Waals surface area contributed by atoms with Crippen LogP contribution in [-0.2, 0) is 20.7 Å². The third-order valence-electron chi connectivity index (χ3n) is 6.97. The Balaban J connectivity index is 1.13. The van der Waals surface area contributed by atoms with Gasteiger partial charge in [-0.3, -0.25) is 19.7 Å². The molecule has 0 atom stereocenters. The number of phenolic OH excluding ortho intramolecular Hbond substituents is 2. The van der Waals surface area contributed by atoms with E-state index in [0.29, 0.717) is 58.9 Å². The van der Waals surface area contributed by atoms with Crippen molar-refractivity contribution in [2.24, 2.45) is 22.1 Å². The number of azo groups is 1. The fourth-order valence-electron chi connectivity index (χ4n) is 4.67. The van der Waals surface area contributed by atoms with Crippen molar-refractivity contribution in [2.75, 3.05) is 6.61 Å². The van der Waals surface area contributed by atoms with Gasteiger partial charge in [0.2, 0.25) is 5.13 Å². The highest BCUT2D eigenvalue weighted by Gasteiger charge is 2.32. The van der Waals surface area contributed by atoms with E-state index < -0.39 is 4.92 Å². The number of carbonyl (C=O) groups excluding carboxylic acids is 2. The average molecular weight is 591 g/mol. The molecule has 5 rings (SSSR count). The van der Waals surface area contributed by atoms with E-state index >= 15 is 0 Å². The summed E-state index contributed by atoms with van der Waals surface area (Å²) in [6.07, 6.45) is 2.49. The molecule has 0 amide bonds. The van der Waals surface area contributed by atoms with Crippen molar-refractivity contribution < 1.29 is 34.2 Å². The SMILES string of the molecule is O=C(OCCc1ccc(O)c2nc(N=Nc3ccc([N+](=O)[O-])cc3)sc12)C1CCC(C(=O)Oc2ccc(O)cc2)CC1. The third-order valence-corrected chi connectivity index (χ3v) is 7.98. The molecule has 1 aromatic heterocycles. The minimum absolute atomic E-state index is 0.0144. The van der Waals surface area contributed by atoms with Gasteiger partial charge in [0.05, 0.1) is 33.8 Å². The highest BCUT2D eigenvalue weighted by Crippen LogP contribution is 2.37. The van der Waals surface area contributed by atoms with Gasteiger partial charge in [-0.05, 0) is 73.7 Å². The van der Waals surface area contributed by atoms with Crippen molar-refractivity contribution in [3.63, 3.8) is 0 Å². The Kier molecular flexibility index (Phi) is 8.67. The molecule has 1 aliphatic rings. The highest BCUT2D eigenvalue weighted by atomic mass is 32.1. The summed E-state index contributed by atoms with van der Waals surface area (Å²) >= 11 is 1.22. The second kappa shape index (κ2) is 12.7. The summed E-state index contributed by atoms with van der Waals surface area (Å²) in [4.78, 5) is 39.8. The molecule has 12 nitrogen and oxygen atoms in total. The molecule has 1 aliphatic carbocycles. The summed E-state index contributed by atoms with van der Waals surface area (Å²) < 4.78 is 11.6. The van der Waals surface area contributed by atoms with Crippen molar-refractivity contribution in [1.82, 2.24) is 4.98 Å². The first-order valence-corrected chi connectivity index (χ1v) is 14.0. The van der Waals surface area contributed by atoms with Gasteiger partial charge in [-0.25, -0.2) is 4.98 Å². The van der Waals surface area contributed by atoms with Crippen molar-refractivity contribution in [3.8, 4) is 17.2 Å². The zero-order chi connectivity index (χ0) is 29.6. The number of nitro groups is 1. The summed E-state index contributed by atoms with van der Waals surface area (Å²) in [6.45, 7) is 0.138. The van der Waals surface area contributed by atoms with E-state index in [2.05, 4.69) is 15.2 Å². The first kappa shape index (κ1) is 28.6. The van der Waals surface area contributed by atoms with Gasteiger partial charge < -0.3 is 19.7 Å². The molecule has 1 fully saturated rings. The van der Waals surface area contributed by atoms with Crippen molar-refractivity contribution in [3.05, 3.63) is 76.3 Å². The van der Waals surface area contributed by atoms with Crippen LogP contribution >= 0.6 is 11.3 Å². The number of thiazole rings is 1. The molecule has 13 heteroatoms. The predicted molar refractivity (Wildman–Crippen MR) is 152 cm³/mol. The first-order valence-electron chi connectivity index (χ1n) is 13.2. The van der Waals surface area contributed by atoms with Crippen LogP contribution in [0.5, 0.6) is 17.2 Å². The van der Waals surface area contributed by atoms with Crippen molar-refractivity contribution in [2.45, 2.75) is 32.1 Å². The summed E-state index contributed by atoms with van der Waals surface area (Å²) in [5.41, 5.74) is 1.55. The normalized spacial score (nSPS) is 16.9. The largest absolute Gasteiger partial charge is 0.508 e.